The molecular formula is C18H28ClN3O2. The van der Waals surface area contributed by atoms with Gasteiger partial charge in [0.2, 0.25) is 11.8 Å². The number of hydrogen-bond acceptors (Lipinski definition) is 3. The predicted molar refractivity (Wildman–Crippen MR) is 99.1 cm³/mol. The number of amides is 2. The fourth-order valence-electron chi connectivity index (χ4n) is 3.04. The molecule has 1 aromatic rings. The Labute approximate surface area is 150 Å². The average Bonchev–Trinajstić information content (AvgIpc) is 2.94. The summed E-state index contributed by atoms with van der Waals surface area (Å²) in [5.41, 5.74) is 7.22. The first-order valence-electron chi connectivity index (χ1n) is 8.28. The van der Waals surface area contributed by atoms with Crippen molar-refractivity contribution in [2.24, 2.45) is 5.73 Å². The number of hydrogen-bond donors (Lipinski definition) is 2. The lowest BCUT2D eigenvalue weighted by Crippen LogP contribution is -2.48. The molecule has 1 fully saturated rings. The Hall–Kier alpha value is -1.59. The summed E-state index contributed by atoms with van der Waals surface area (Å²) in [6.07, 6.45) is 3.52. The van der Waals surface area contributed by atoms with E-state index >= 15 is 0 Å². The summed E-state index contributed by atoms with van der Waals surface area (Å²) in [6, 6.07) is 7.76. The van der Waals surface area contributed by atoms with Crippen molar-refractivity contribution in [1.29, 1.82) is 0 Å². The van der Waals surface area contributed by atoms with Crippen LogP contribution in [0.15, 0.2) is 24.3 Å². The molecule has 3 N–H and O–H groups in total. The Balaban J connectivity index is 0.00000288. The molecule has 0 heterocycles. The molecule has 6 heteroatoms. The van der Waals surface area contributed by atoms with E-state index < -0.39 is 5.54 Å². The molecule has 0 unspecified atom stereocenters. The highest BCUT2D eigenvalue weighted by atomic mass is 35.5. The molecule has 1 aromatic carbocycles. The van der Waals surface area contributed by atoms with E-state index in [1.54, 1.807) is 11.8 Å². The van der Waals surface area contributed by atoms with Crippen LogP contribution in [0.1, 0.15) is 52.0 Å². The average molecular weight is 354 g/mol. The third kappa shape index (κ3) is 4.95. The zero-order valence-electron chi connectivity index (χ0n) is 14.7. The second-order valence-corrected chi connectivity index (χ2v) is 6.75. The van der Waals surface area contributed by atoms with Crippen LogP contribution >= 0.6 is 12.4 Å². The van der Waals surface area contributed by atoms with Gasteiger partial charge in [0.25, 0.3) is 0 Å². The van der Waals surface area contributed by atoms with Crippen molar-refractivity contribution in [2.75, 3.05) is 5.32 Å². The highest BCUT2D eigenvalue weighted by molar-refractivity contribution is 5.98. The van der Waals surface area contributed by atoms with Gasteiger partial charge < -0.3 is 16.0 Å². The Bertz CT molecular complexity index is 566. The van der Waals surface area contributed by atoms with Crippen LogP contribution in [0.25, 0.3) is 0 Å². The highest BCUT2D eigenvalue weighted by Gasteiger charge is 2.36. The first kappa shape index (κ1) is 20.5. The van der Waals surface area contributed by atoms with Crippen LogP contribution in [0.3, 0.4) is 0 Å². The smallest absolute Gasteiger partial charge is 0.244 e. The van der Waals surface area contributed by atoms with Crippen LogP contribution in [0.5, 0.6) is 0 Å². The maximum Gasteiger partial charge on any atom is 0.244 e. The summed E-state index contributed by atoms with van der Waals surface area (Å²) >= 11 is 0. The van der Waals surface area contributed by atoms with Crippen molar-refractivity contribution >= 4 is 29.9 Å². The van der Waals surface area contributed by atoms with Gasteiger partial charge in [0.15, 0.2) is 0 Å². The first-order valence-corrected chi connectivity index (χ1v) is 8.28. The number of carbonyl (C=O) groups is 2. The Morgan fingerprint density at radius 2 is 1.75 bits per heavy atom. The van der Waals surface area contributed by atoms with Crippen LogP contribution < -0.4 is 11.1 Å². The van der Waals surface area contributed by atoms with Crippen LogP contribution in [0.2, 0.25) is 0 Å². The van der Waals surface area contributed by atoms with Gasteiger partial charge in [0.1, 0.15) is 0 Å². The van der Waals surface area contributed by atoms with E-state index in [2.05, 4.69) is 5.32 Å². The second-order valence-electron chi connectivity index (χ2n) is 6.75. The maximum atomic E-state index is 12.3. The second kappa shape index (κ2) is 8.49. The monoisotopic (exact) mass is 353 g/mol. The third-order valence-electron chi connectivity index (χ3n) is 4.54. The number of carbonyl (C=O) groups excluding carboxylic acids is 2. The molecule has 0 bridgehead atoms. The molecule has 0 radical (unpaired) electrons. The summed E-state index contributed by atoms with van der Waals surface area (Å²) in [5, 5.41) is 2.91. The Kier molecular flexibility index (Phi) is 7.24. The van der Waals surface area contributed by atoms with Gasteiger partial charge in [0.05, 0.1) is 5.54 Å². The van der Waals surface area contributed by atoms with Crippen molar-refractivity contribution in [1.82, 2.24) is 4.90 Å². The molecule has 0 atom stereocenters. The molecular weight excluding hydrogens is 326 g/mol. The Morgan fingerprint density at radius 1 is 1.21 bits per heavy atom. The van der Waals surface area contributed by atoms with Gasteiger partial charge in [-0.25, -0.2) is 0 Å². The lowest BCUT2D eigenvalue weighted by atomic mass is 9.98. The molecule has 0 saturated heterocycles. The normalized spacial score (nSPS) is 15.7. The molecule has 1 saturated carbocycles. The zero-order valence-corrected chi connectivity index (χ0v) is 15.5. The van der Waals surface area contributed by atoms with Crippen molar-refractivity contribution in [3.8, 4) is 0 Å². The highest BCUT2D eigenvalue weighted by Crippen LogP contribution is 2.28. The van der Waals surface area contributed by atoms with E-state index in [4.69, 9.17) is 5.73 Å². The summed E-state index contributed by atoms with van der Waals surface area (Å²) in [5.74, 6) is -0.0426. The number of benzene rings is 1. The third-order valence-corrected chi connectivity index (χ3v) is 4.54. The van der Waals surface area contributed by atoms with Crippen molar-refractivity contribution in [2.45, 2.75) is 64.6 Å². The number of nitrogens with one attached hydrogen (secondary N) is 1. The van der Waals surface area contributed by atoms with E-state index in [0.29, 0.717) is 6.54 Å². The summed E-state index contributed by atoms with van der Waals surface area (Å²) < 4.78 is 0. The lowest BCUT2D eigenvalue weighted by Gasteiger charge is -2.25. The Morgan fingerprint density at radius 3 is 2.21 bits per heavy atom. The number of nitrogens with two attached hydrogens (primary N) is 1. The van der Waals surface area contributed by atoms with Crippen LogP contribution in [0, 0.1) is 0 Å². The zero-order chi connectivity index (χ0) is 17.0. The number of halogens is 1. The molecule has 24 heavy (non-hydrogen) atoms. The SMILES string of the molecule is CC(=O)N(Cc1ccc(NC(=O)C2(N)CCCC2)cc1)C(C)C.Cl. The summed E-state index contributed by atoms with van der Waals surface area (Å²) in [4.78, 5) is 25.7. The van der Waals surface area contributed by atoms with Gasteiger partial charge in [-0.15, -0.1) is 12.4 Å². The van der Waals surface area contributed by atoms with Gasteiger partial charge >= 0.3 is 0 Å². The van der Waals surface area contributed by atoms with Gasteiger partial charge in [0, 0.05) is 25.2 Å². The number of anilines is 1. The molecule has 5 nitrogen and oxygen atoms in total. The van der Waals surface area contributed by atoms with E-state index in [1.165, 1.54) is 0 Å². The molecule has 134 valence electrons. The minimum atomic E-state index is -0.720. The van der Waals surface area contributed by atoms with Gasteiger partial charge in [-0.3, -0.25) is 9.59 Å². The van der Waals surface area contributed by atoms with Crippen LogP contribution in [-0.2, 0) is 16.1 Å². The van der Waals surface area contributed by atoms with E-state index in [-0.39, 0.29) is 30.3 Å². The van der Waals surface area contributed by atoms with Crippen molar-refractivity contribution < 1.29 is 9.59 Å². The van der Waals surface area contributed by atoms with Crippen molar-refractivity contribution in [3.63, 3.8) is 0 Å². The molecule has 2 amide bonds. The van der Waals surface area contributed by atoms with Crippen molar-refractivity contribution in [3.05, 3.63) is 29.8 Å². The molecule has 2 rings (SSSR count). The van der Waals surface area contributed by atoms with Crippen LogP contribution in [-0.4, -0.2) is 28.3 Å². The number of rotatable bonds is 5. The quantitative estimate of drug-likeness (QED) is 0.854. The number of nitrogens with zero attached hydrogens (tertiary/aromatic N) is 1. The first-order chi connectivity index (χ1) is 10.8. The molecule has 1 aliphatic carbocycles. The molecule has 0 spiro atoms. The standard InChI is InChI=1S/C18H27N3O2.ClH/c1-13(2)21(14(3)22)12-15-6-8-16(9-7-15)20-17(23)18(19)10-4-5-11-18;/h6-9,13H,4-5,10-12,19H2,1-3H3,(H,20,23);1H. The fourth-order valence-corrected chi connectivity index (χ4v) is 3.04. The summed E-state index contributed by atoms with van der Waals surface area (Å²) in [6.45, 7) is 6.15. The minimum absolute atomic E-state index is 0. The maximum absolute atomic E-state index is 12.3. The van der Waals surface area contributed by atoms with E-state index in [1.807, 2.05) is 38.1 Å². The predicted octanol–water partition coefficient (Wildman–Crippen LogP) is 3.08. The minimum Gasteiger partial charge on any atom is -0.336 e. The largest absolute Gasteiger partial charge is 0.336 e. The summed E-state index contributed by atoms with van der Waals surface area (Å²) in [7, 11) is 0. The topological polar surface area (TPSA) is 75.4 Å². The van der Waals surface area contributed by atoms with Gasteiger partial charge in [-0.2, -0.15) is 0 Å². The molecule has 0 aliphatic heterocycles. The molecule has 0 aromatic heterocycles. The lowest BCUT2D eigenvalue weighted by molar-refractivity contribution is -0.131. The van der Waals surface area contributed by atoms with E-state index in [9.17, 15) is 9.59 Å². The molecule has 1 aliphatic rings. The van der Waals surface area contributed by atoms with E-state index in [0.717, 1.165) is 36.9 Å². The fraction of sp³-hybridized carbons (Fsp3) is 0.556. The van der Waals surface area contributed by atoms with Crippen LogP contribution in [0.4, 0.5) is 5.69 Å². The van der Waals surface area contributed by atoms with Gasteiger partial charge in [-0.05, 0) is 44.4 Å². The van der Waals surface area contributed by atoms with Gasteiger partial charge in [-0.1, -0.05) is 25.0 Å².